The summed E-state index contributed by atoms with van der Waals surface area (Å²) >= 11 is 0. The average molecular weight is 499 g/mol. The quantitative estimate of drug-likeness (QED) is 0.248. The molecule has 0 bridgehead atoms. The summed E-state index contributed by atoms with van der Waals surface area (Å²) in [6.45, 7) is 2.00. The molecule has 0 saturated carbocycles. The molecule has 0 spiro atoms. The van der Waals surface area contributed by atoms with Crippen molar-refractivity contribution in [3.05, 3.63) is 106 Å². The molecule has 6 nitrogen and oxygen atoms in total. The van der Waals surface area contributed by atoms with Crippen LogP contribution in [0.5, 0.6) is 11.5 Å². The van der Waals surface area contributed by atoms with Crippen LogP contribution in [0.15, 0.2) is 78.6 Å². The highest BCUT2D eigenvalue weighted by molar-refractivity contribution is 6.10. The van der Waals surface area contributed by atoms with Crippen LogP contribution in [0.2, 0.25) is 0 Å². The second-order valence-electron chi connectivity index (χ2n) is 9.09. The summed E-state index contributed by atoms with van der Waals surface area (Å²) in [5.41, 5.74) is 4.57. The monoisotopic (exact) mass is 498 g/mol. The number of fused-ring (bicyclic) bond motifs is 2. The van der Waals surface area contributed by atoms with Gasteiger partial charge in [0.2, 0.25) is 0 Å². The van der Waals surface area contributed by atoms with Gasteiger partial charge in [0.15, 0.2) is 11.6 Å². The van der Waals surface area contributed by atoms with Crippen molar-refractivity contribution in [1.82, 2.24) is 0 Å². The number of carbonyl (C=O) groups excluding carboxylic acids is 3. The summed E-state index contributed by atoms with van der Waals surface area (Å²) < 4.78 is 15.5. The third-order valence-electron chi connectivity index (χ3n) is 6.70. The first kappa shape index (κ1) is 25.9. The molecule has 2 aliphatic carbocycles. The van der Waals surface area contributed by atoms with Crippen molar-refractivity contribution in [2.45, 2.75) is 32.6 Å². The smallest absolute Gasteiger partial charge is 0.342 e. The molecule has 3 aromatic carbocycles. The van der Waals surface area contributed by atoms with Crippen molar-refractivity contribution in [2.24, 2.45) is 5.92 Å². The van der Waals surface area contributed by atoms with E-state index < -0.39 is 5.97 Å². The Morgan fingerprint density at radius 1 is 0.811 bits per heavy atom. The second-order valence-corrected chi connectivity index (χ2v) is 9.09. The molecule has 0 amide bonds. The molecule has 1 atom stereocenters. The van der Waals surface area contributed by atoms with E-state index in [0.717, 1.165) is 41.0 Å². The molecule has 0 aromatic heterocycles. The van der Waals surface area contributed by atoms with Gasteiger partial charge in [-0.05, 0) is 85.3 Å². The van der Waals surface area contributed by atoms with E-state index in [4.69, 9.17) is 14.2 Å². The topological polar surface area (TPSA) is 78.9 Å². The number of ketones is 2. The van der Waals surface area contributed by atoms with Gasteiger partial charge in [0.1, 0.15) is 17.8 Å². The summed E-state index contributed by atoms with van der Waals surface area (Å²) in [4.78, 5) is 36.2. The summed E-state index contributed by atoms with van der Waals surface area (Å²) in [6.07, 6.45) is 4.48. The molecule has 0 heterocycles. The van der Waals surface area contributed by atoms with Gasteiger partial charge in [-0.15, -0.1) is 0 Å². The first-order chi connectivity index (χ1) is 17.9. The van der Waals surface area contributed by atoms with E-state index in [0.29, 0.717) is 29.5 Å². The highest BCUT2D eigenvalue weighted by Gasteiger charge is 2.24. The lowest BCUT2D eigenvalue weighted by Gasteiger charge is -2.20. The van der Waals surface area contributed by atoms with Gasteiger partial charge >= 0.3 is 5.97 Å². The number of methoxy groups -OCH3 is 2. The SMILES string of the molecule is COc1ccc2c(c1)CCC(=COC(=O)c1ccccc1)C2=O.COc1ccc2c(c1)CCC(C)C2=O. The molecule has 3 aromatic rings. The Morgan fingerprint density at radius 3 is 2.08 bits per heavy atom. The Bertz CT molecular complexity index is 1340. The predicted octanol–water partition coefficient (Wildman–Crippen LogP) is 6.03. The average Bonchev–Trinajstić information content (AvgIpc) is 2.95. The van der Waals surface area contributed by atoms with E-state index in [-0.39, 0.29) is 17.5 Å². The Labute approximate surface area is 216 Å². The predicted molar refractivity (Wildman–Crippen MR) is 140 cm³/mol. The molecule has 0 N–H and O–H groups in total. The zero-order valence-corrected chi connectivity index (χ0v) is 21.3. The van der Waals surface area contributed by atoms with Crippen LogP contribution < -0.4 is 9.47 Å². The zero-order chi connectivity index (χ0) is 26.4. The van der Waals surface area contributed by atoms with E-state index in [2.05, 4.69) is 0 Å². The number of carbonyl (C=O) groups is 3. The Balaban J connectivity index is 0.000000195. The lowest BCUT2D eigenvalue weighted by molar-refractivity contribution is 0.0659. The molecule has 190 valence electrons. The standard InChI is InChI=1S/C19H16O4.C12H14O2/c1-22-16-9-10-17-14(11-16)7-8-15(18(17)20)12-23-19(21)13-5-3-2-4-6-13;1-8-3-4-9-7-10(14-2)5-6-11(9)12(8)13/h2-6,9-12H,7-8H2,1H3;5-8H,3-4H2,1-2H3. The fourth-order valence-electron chi connectivity index (χ4n) is 4.47. The summed E-state index contributed by atoms with van der Waals surface area (Å²) in [6, 6.07) is 19.8. The van der Waals surface area contributed by atoms with Crippen LogP contribution in [0.25, 0.3) is 0 Å². The van der Waals surface area contributed by atoms with Gasteiger partial charge in [-0.2, -0.15) is 0 Å². The maximum absolute atomic E-state index is 12.5. The second kappa shape index (κ2) is 11.7. The summed E-state index contributed by atoms with van der Waals surface area (Å²) in [5.74, 6) is 1.46. The van der Waals surface area contributed by atoms with Gasteiger partial charge in [0.05, 0.1) is 19.8 Å². The molecule has 0 radical (unpaired) electrons. The van der Waals surface area contributed by atoms with E-state index in [1.54, 1.807) is 50.6 Å². The van der Waals surface area contributed by atoms with Crippen LogP contribution in [0.1, 0.15) is 62.0 Å². The van der Waals surface area contributed by atoms with E-state index in [9.17, 15) is 14.4 Å². The summed E-state index contributed by atoms with van der Waals surface area (Å²) in [7, 11) is 3.25. The first-order valence-corrected chi connectivity index (χ1v) is 12.3. The van der Waals surface area contributed by atoms with Gasteiger partial charge in [0.25, 0.3) is 0 Å². The summed E-state index contributed by atoms with van der Waals surface area (Å²) in [5, 5.41) is 0. The number of allylic oxidation sites excluding steroid dienone is 1. The zero-order valence-electron chi connectivity index (χ0n) is 21.3. The minimum Gasteiger partial charge on any atom is -0.497 e. The first-order valence-electron chi connectivity index (χ1n) is 12.3. The molecular formula is C31H30O6. The Morgan fingerprint density at radius 2 is 1.43 bits per heavy atom. The van der Waals surface area contributed by atoms with Crippen molar-refractivity contribution >= 4 is 17.5 Å². The number of Topliss-reactive ketones (excluding diaryl/α,β-unsaturated/α-hetero) is 2. The number of hydrogen-bond acceptors (Lipinski definition) is 6. The van der Waals surface area contributed by atoms with E-state index in [1.807, 2.05) is 37.3 Å². The molecule has 2 aliphatic rings. The van der Waals surface area contributed by atoms with Gasteiger partial charge in [-0.3, -0.25) is 9.59 Å². The van der Waals surface area contributed by atoms with E-state index >= 15 is 0 Å². The maximum atomic E-state index is 12.5. The minimum absolute atomic E-state index is 0.102. The van der Waals surface area contributed by atoms with Crippen LogP contribution in [-0.4, -0.2) is 31.8 Å². The van der Waals surface area contributed by atoms with Crippen LogP contribution in [0, 0.1) is 5.92 Å². The Hall–Kier alpha value is -4.19. The number of benzene rings is 3. The van der Waals surface area contributed by atoms with Gasteiger partial charge in [-0.25, -0.2) is 4.79 Å². The minimum atomic E-state index is -0.466. The molecule has 0 saturated heterocycles. The molecule has 1 unspecified atom stereocenters. The number of aryl methyl sites for hydroxylation is 2. The Kier molecular flexibility index (Phi) is 8.18. The van der Waals surface area contributed by atoms with Gasteiger partial charge in [0, 0.05) is 22.6 Å². The highest BCUT2D eigenvalue weighted by atomic mass is 16.5. The molecule has 37 heavy (non-hydrogen) atoms. The van der Waals surface area contributed by atoms with Crippen LogP contribution in [0.4, 0.5) is 0 Å². The fraction of sp³-hybridized carbons (Fsp3) is 0.258. The largest absolute Gasteiger partial charge is 0.497 e. The van der Waals surface area contributed by atoms with Crippen molar-refractivity contribution in [3.63, 3.8) is 0 Å². The van der Waals surface area contributed by atoms with Crippen LogP contribution in [0.3, 0.4) is 0 Å². The fourth-order valence-corrected chi connectivity index (χ4v) is 4.47. The molecular weight excluding hydrogens is 468 g/mol. The third-order valence-corrected chi connectivity index (χ3v) is 6.70. The van der Waals surface area contributed by atoms with Crippen LogP contribution in [-0.2, 0) is 17.6 Å². The van der Waals surface area contributed by atoms with Gasteiger partial charge in [-0.1, -0.05) is 25.1 Å². The van der Waals surface area contributed by atoms with E-state index in [1.165, 1.54) is 6.26 Å². The van der Waals surface area contributed by atoms with Crippen molar-refractivity contribution < 1.29 is 28.6 Å². The molecule has 6 heteroatoms. The number of esters is 1. The number of hydrogen-bond donors (Lipinski definition) is 0. The van der Waals surface area contributed by atoms with Crippen molar-refractivity contribution in [1.29, 1.82) is 0 Å². The maximum Gasteiger partial charge on any atom is 0.342 e. The number of ether oxygens (including phenoxy) is 3. The number of rotatable bonds is 4. The normalized spacial score (nSPS) is 17.2. The molecule has 0 fully saturated rings. The van der Waals surface area contributed by atoms with Crippen molar-refractivity contribution in [3.8, 4) is 11.5 Å². The third kappa shape index (κ3) is 5.97. The molecule has 0 aliphatic heterocycles. The molecule has 5 rings (SSSR count). The van der Waals surface area contributed by atoms with Crippen LogP contribution >= 0.6 is 0 Å². The van der Waals surface area contributed by atoms with Crippen molar-refractivity contribution in [2.75, 3.05) is 14.2 Å². The highest BCUT2D eigenvalue weighted by Crippen LogP contribution is 2.29. The lowest BCUT2D eigenvalue weighted by Crippen LogP contribution is -2.19. The lowest BCUT2D eigenvalue weighted by atomic mass is 9.84. The van der Waals surface area contributed by atoms with Gasteiger partial charge < -0.3 is 14.2 Å².